The van der Waals surface area contributed by atoms with Gasteiger partial charge in [-0.05, 0) is 20.6 Å². The maximum Gasteiger partial charge on any atom is 0.122 e. The Morgan fingerprint density at radius 3 is 2.22 bits per heavy atom. The fourth-order valence-electron chi connectivity index (χ4n) is 0.481. The third-order valence-corrected chi connectivity index (χ3v) is 3.06. The van der Waals surface area contributed by atoms with Gasteiger partial charge in [0.05, 0.1) is 10.2 Å². The van der Waals surface area contributed by atoms with Crippen molar-refractivity contribution in [2.24, 2.45) is 0 Å². The molecular formula is C5H15ClN2Si. The predicted octanol–water partition coefficient (Wildman–Crippen LogP) is -0.627. The first-order chi connectivity index (χ1) is 4.00. The molecule has 1 atom stereocenters. The van der Waals surface area contributed by atoms with Gasteiger partial charge in [0.2, 0.25) is 0 Å². The quantitative estimate of drug-likeness (QED) is 0.260. The molecule has 0 aliphatic carbocycles. The van der Waals surface area contributed by atoms with Crippen molar-refractivity contribution in [1.29, 1.82) is 0 Å². The van der Waals surface area contributed by atoms with Crippen LogP contribution in [0.15, 0.2) is 0 Å². The highest BCUT2D eigenvalue weighted by atomic mass is 35.5. The molecule has 0 radical (unpaired) electrons. The molecule has 0 bridgehead atoms. The summed E-state index contributed by atoms with van der Waals surface area (Å²) < 4.78 is -0.255. The molecule has 0 fully saturated rings. The molecule has 0 heterocycles. The molecule has 0 aliphatic heterocycles. The molecular weight excluding hydrogens is 152 g/mol. The van der Waals surface area contributed by atoms with Gasteiger partial charge in [-0.2, -0.15) is 0 Å². The van der Waals surface area contributed by atoms with Crippen LogP contribution in [-0.2, 0) is 0 Å². The van der Waals surface area contributed by atoms with Gasteiger partial charge < -0.3 is 0 Å². The van der Waals surface area contributed by atoms with E-state index in [0.29, 0.717) is 0 Å². The summed E-state index contributed by atoms with van der Waals surface area (Å²) in [4.78, 5) is 1.99. The highest BCUT2D eigenvalue weighted by Crippen LogP contribution is 2.06. The van der Waals surface area contributed by atoms with E-state index in [1.54, 1.807) is 0 Å². The summed E-state index contributed by atoms with van der Waals surface area (Å²) in [5.41, 5.74) is 0. The van der Waals surface area contributed by atoms with Gasteiger partial charge in [0, 0.05) is 0 Å². The van der Waals surface area contributed by atoms with Crippen molar-refractivity contribution < 1.29 is 0 Å². The monoisotopic (exact) mass is 166 g/mol. The van der Waals surface area contributed by atoms with E-state index in [1.165, 1.54) is 0 Å². The van der Waals surface area contributed by atoms with E-state index in [-0.39, 0.29) is 4.75 Å². The fourth-order valence-corrected chi connectivity index (χ4v) is 0.968. The van der Waals surface area contributed by atoms with E-state index in [4.69, 9.17) is 11.6 Å². The normalized spacial score (nSPS) is 18.3. The summed E-state index contributed by atoms with van der Waals surface area (Å²) in [6.07, 6.45) is 0. The molecule has 9 heavy (non-hydrogen) atoms. The van der Waals surface area contributed by atoms with E-state index in [0.717, 1.165) is 16.8 Å². The van der Waals surface area contributed by atoms with Crippen LogP contribution in [0.4, 0.5) is 0 Å². The molecule has 0 aromatic heterocycles. The summed E-state index contributed by atoms with van der Waals surface area (Å²) in [5, 5.41) is 3.17. The maximum absolute atomic E-state index is 6.05. The van der Waals surface area contributed by atoms with Gasteiger partial charge in [0.25, 0.3) is 0 Å². The van der Waals surface area contributed by atoms with E-state index < -0.39 is 0 Å². The zero-order valence-corrected chi connectivity index (χ0v) is 9.29. The second-order valence-electron chi connectivity index (χ2n) is 2.38. The fraction of sp³-hybridized carbons (Fsp3) is 1.00. The van der Waals surface area contributed by atoms with Gasteiger partial charge in [-0.3, -0.25) is 10.2 Å². The number of halogens is 1. The van der Waals surface area contributed by atoms with Gasteiger partial charge in [-0.1, -0.05) is 18.5 Å². The van der Waals surface area contributed by atoms with E-state index in [2.05, 4.69) is 12.2 Å². The highest BCUT2D eigenvalue weighted by Gasteiger charge is 2.20. The second-order valence-corrected chi connectivity index (χ2v) is 5.20. The molecule has 0 spiro atoms. The van der Waals surface area contributed by atoms with Crippen molar-refractivity contribution in [3.8, 4) is 0 Å². The van der Waals surface area contributed by atoms with Crippen molar-refractivity contribution in [3.05, 3.63) is 0 Å². The van der Waals surface area contributed by atoms with Gasteiger partial charge in [-0.15, -0.1) is 0 Å². The average Bonchev–Trinajstić information content (AvgIpc) is 1.65. The molecule has 56 valence electrons. The number of hydrogen-bond acceptors (Lipinski definition) is 2. The Morgan fingerprint density at radius 2 is 2.11 bits per heavy atom. The number of nitrogens with zero attached hydrogens (tertiary/aromatic N) is 1. The number of nitrogens with one attached hydrogen (secondary N) is 1. The van der Waals surface area contributed by atoms with Gasteiger partial charge in [-0.25, -0.2) is 0 Å². The van der Waals surface area contributed by atoms with Crippen LogP contribution < -0.4 is 5.32 Å². The van der Waals surface area contributed by atoms with Crippen LogP contribution in [0.3, 0.4) is 0 Å². The molecule has 0 rings (SSSR count). The molecule has 0 aromatic rings. The van der Waals surface area contributed by atoms with Crippen LogP contribution >= 0.6 is 11.6 Å². The average molecular weight is 167 g/mol. The summed E-state index contributed by atoms with van der Waals surface area (Å²) in [6.45, 7) is 2.98. The predicted molar refractivity (Wildman–Crippen MR) is 45.9 cm³/mol. The number of rotatable bonds is 3. The SMILES string of the molecule is CCNC([SiH3])(Cl)N(C)C. The lowest BCUT2D eigenvalue weighted by molar-refractivity contribution is 0.291. The summed E-state index contributed by atoms with van der Waals surface area (Å²) in [7, 11) is 4.87. The molecule has 0 saturated carbocycles. The third-order valence-electron chi connectivity index (χ3n) is 1.34. The summed E-state index contributed by atoms with van der Waals surface area (Å²) in [6, 6.07) is 0. The van der Waals surface area contributed by atoms with Crippen molar-refractivity contribution >= 4 is 21.8 Å². The first-order valence-electron chi connectivity index (χ1n) is 3.12. The van der Waals surface area contributed by atoms with Crippen molar-refractivity contribution in [2.75, 3.05) is 20.6 Å². The minimum Gasteiger partial charge on any atom is -0.291 e. The molecule has 0 aromatic carbocycles. The van der Waals surface area contributed by atoms with Crippen LogP contribution in [-0.4, -0.2) is 40.5 Å². The van der Waals surface area contributed by atoms with E-state index in [9.17, 15) is 0 Å². The molecule has 0 aliphatic rings. The molecule has 0 amide bonds. The van der Waals surface area contributed by atoms with Crippen molar-refractivity contribution in [3.63, 3.8) is 0 Å². The number of alkyl halides is 1. The van der Waals surface area contributed by atoms with Crippen LogP contribution in [0.2, 0.25) is 0 Å². The minimum atomic E-state index is -0.255. The lowest BCUT2D eigenvalue weighted by Crippen LogP contribution is -2.51. The lowest BCUT2D eigenvalue weighted by Gasteiger charge is -2.30. The van der Waals surface area contributed by atoms with Crippen LogP contribution in [0, 0.1) is 0 Å². The maximum atomic E-state index is 6.05. The zero-order chi connectivity index (χ0) is 7.49. The van der Waals surface area contributed by atoms with Crippen molar-refractivity contribution in [2.45, 2.75) is 11.7 Å². The third kappa shape index (κ3) is 3.20. The Kier molecular flexibility index (Phi) is 3.73. The van der Waals surface area contributed by atoms with Gasteiger partial charge in [0.1, 0.15) is 4.75 Å². The van der Waals surface area contributed by atoms with Crippen LogP contribution in [0.5, 0.6) is 0 Å². The van der Waals surface area contributed by atoms with Gasteiger partial charge in [0.15, 0.2) is 0 Å². The molecule has 1 unspecified atom stereocenters. The Bertz CT molecular complexity index is 85.0. The Morgan fingerprint density at radius 1 is 1.67 bits per heavy atom. The largest absolute Gasteiger partial charge is 0.291 e. The molecule has 4 heteroatoms. The standard InChI is InChI=1S/C5H15ClN2Si/c1-4-7-5(6,9)8(2)3/h7H,4H2,1-3,9H3. The highest BCUT2D eigenvalue weighted by molar-refractivity contribution is 6.43. The number of hydrogen-bond donors (Lipinski definition) is 1. The lowest BCUT2D eigenvalue weighted by atomic mass is 10.7. The zero-order valence-electron chi connectivity index (χ0n) is 6.53. The molecule has 2 nitrogen and oxygen atoms in total. The van der Waals surface area contributed by atoms with Crippen molar-refractivity contribution in [1.82, 2.24) is 10.2 Å². The molecule has 1 N–H and O–H groups in total. The van der Waals surface area contributed by atoms with Crippen LogP contribution in [0.25, 0.3) is 0 Å². The first kappa shape index (κ1) is 9.43. The van der Waals surface area contributed by atoms with Gasteiger partial charge >= 0.3 is 0 Å². The Hall–Kier alpha value is 0.427. The minimum absolute atomic E-state index is 0.255. The Labute approximate surface area is 65.0 Å². The first-order valence-corrected chi connectivity index (χ1v) is 4.50. The van der Waals surface area contributed by atoms with E-state index in [1.807, 2.05) is 19.0 Å². The second kappa shape index (κ2) is 3.56. The van der Waals surface area contributed by atoms with E-state index >= 15 is 0 Å². The smallest absolute Gasteiger partial charge is 0.122 e. The molecule has 0 saturated heterocycles. The topological polar surface area (TPSA) is 15.3 Å². The summed E-state index contributed by atoms with van der Waals surface area (Å²) in [5.74, 6) is 0. The van der Waals surface area contributed by atoms with Crippen LogP contribution in [0.1, 0.15) is 6.92 Å². The summed E-state index contributed by atoms with van der Waals surface area (Å²) >= 11 is 6.05. The Balaban J connectivity index is 3.70.